The van der Waals surface area contributed by atoms with Crippen molar-refractivity contribution < 1.29 is 14.7 Å². The van der Waals surface area contributed by atoms with Gasteiger partial charge in [0.2, 0.25) is 5.91 Å². The van der Waals surface area contributed by atoms with E-state index >= 15 is 0 Å². The topological polar surface area (TPSA) is 92.4 Å². The van der Waals surface area contributed by atoms with E-state index in [-0.39, 0.29) is 5.91 Å². The van der Waals surface area contributed by atoms with Crippen LogP contribution >= 0.6 is 0 Å². The van der Waals surface area contributed by atoms with E-state index in [0.29, 0.717) is 32.4 Å². The second-order valence-corrected chi connectivity index (χ2v) is 3.27. The molecule has 0 heterocycles. The first-order valence-electron chi connectivity index (χ1n) is 4.77. The molecule has 0 aliphatic rings. The number of carbonyl (C=O) groups is 2. The summed E-state index contributed by atoms with van der Waals surface area (Å²) in [5.41, 5.74) is 5.24. The van der Waals surface area contributed by atoms with Gasteiger partial charge in [0.1, 0.15) is 0 Å². The van der Waals surface area contributed by atoms with Gasteiger partial charge in [-0.05, 0) is 19.4 Å². The van der Waals surface area contributed by atoms with Gasteiger partial charge in [-0.2, -0.15) is 0 Å². The number of hydrogen-bond acceptors (Lipinski definition) is 3. The van der Waals surface area contributed by atoms with E-state index < -0.39 is 11.9 Å². The molecule has 82 valence electrons. The first kappa shape index (κ1) is 12.9. The van der Waals surface area contributed by atoms with E-state index in [0.717, 1.165) is 0 Å². The number of aliphatic carboxylic acids is 1. The van der Waals surface area contributed by atoms with E-state index in [1.165, 1.54) is 0 Å². The highest BCUT2D eigenvalue weighted by molar-refractivity contribution is 5.76. The second kappa shape index (κ2) is 7.32. The Morgan fingerprint density at radius 1 is 1.50 bits per heavy atom. The third-order valence-electron chi connectivity index (χ3n) is 1.93. The third-order valence-corrected chi connectivity index (χ3v) is 1.93. The fourth-order valence-corrected chi connectivity index (χ4v) is 0.903. The quantitative estimate of drug-likeness (QED) is 0.539. The lowest BCUT2D eigenvalue weighted by Gasteiger charge is -2.07. The van der Waals surface area contributed by atoms with Gasteiger partial charge in [-0.15, -0.1) is 0 Å². The van der Waals surface area contributed by atoms with Crippen LogP contribution in [0.2, 0.25) is 0 Å². The van der Waals surface area contributed by atoms with Crippen molar-refractivity contribution in [2.45, 2.75) is 26.2 Å². The smallest absolute Gasteiger partial charge is 0.306 e. The van der Waals surface area contributed by atoms with Crippen molar-refractivity contribution in [2.24, 2.45) is 11.7 Å². The lowest BCUT2D eigenvalue weighted by Crippen LogP contribution is -2.27. The van der Waals surface area contributed by atoms with Gasteiger partial charge in [0.05, 0.1) is 5.92 Å². The summed E-state index contributed by atoms with van der Waals surface area (Å²) in [5, 5.41) is 11.2. The Labute approximate surface area is 83.7 Å². The first-order chi connectivity index (χ1) is 6.57. The summed E-state index contributed by atoms with van der Waals surface area (Å²) in [6.07, 6.45) is 1.54. The number of amides is 1. The molecule has 5 nitrogen and oxygen atoms in total. The lowest BCUT2D eigenvalue weighted by molar-refractivity contribution is -0.141. The van der Waals surface area contributed by atoms with E-state index in [1.54, 1.807) is 6.92 Å². The van der Waals surface area contributed by atoms with Crippen LogP contribution in [0, 0.1) is 5.92 Å². The van der Waals surface area contributed by atoms with Gasteiger partial charge < -0.3 is 16.2 Å². The predicted molar refractivity (Wildman–Crippen MR) is 52.7 cm³/mol. The Balaban J connectivity index is 3.44. The van der Waals surface area contributed by atoms with Crippen molar-refractivity contribution in [3.63, 3.8) is 0 Å². The molecule has 0 fully saturated rings. The maximum atomic E-state index is 11.0. The zero-order valence-electron chi connectivity index (χ0n) is 8.45. The molecule has 1 atom stereocenters. The number of carbonyl (C=O) groups excluding carboxylic acids is 1. The van der Waals surface area contributed by atoms with Crippen LogP contribution in [-0.4, -0.2) is 30.1 Å². The molecule has 0 aromatic heterocycles. The molecule has 0 rings (SSSR count). The van der Waals surface area contributed by atoms with Gasteiger partial charge in [-0.25, -0.2) is 0 Å². The van der Waals surface area contributed by atoms with Crippen LogP contribution in [0.15, 0.2) is 0 Å². The Morgan fingerprint density at radius 2 is 2.14 bits per heavy atom. The van der Waals surface area contributed by atoms with Crippen molar-refractivity contribution in [3.8, 4) is 0 Å². The van der Waals surface area contributed by atoms with Crippen molar-refractivity contribution in [1.82, 2.24) is 5.32 Å². The number of nitrogens with two attached hydrogens (primary N) is 1. The molecule has 4 N–H and O–H groups in total. The molecule has 0 aromatic rings. The van der Waals surface area contributed by atoms with E-state index in [9.17, 15) is 9.59 Å². The van der Waals surface area contributed by atoms with Gasteiger partial charge in [-0.3, -0.25) is 9.59 Å². The number of carboxylic acid groups (broad SMARTS) is 1. The minimum atomic E-state index is -0.832. The molecular formula is C9H18N2O3. The molecule has 14 heavy (non-hydrogen) atoms. The molecule has 1 unspecified atom stereocenters. The molecule has 5 heteroatoms. The van der Waals surface area contributed by atoms with Crippen LogP contribution in [0.25, 0.3) is 0 Å². The second-order valence-electron chi connectivity index (χ2n) is 3.27. The summed E-state index contributed by atoms with van der Waals surface area (Å²) in [4.78, 5) is 21.5. The average molecular weight is 202 g/mol. The Morgan fingerprint density at radius 3 is 2.64 bits per heavy atom. The van der Waals surface area contributed by atoms with Crippen LogP contribution in [0.5, 0.6) is 0 Å². The highest BCUT2D eigenvalue weighted by Gasteiger charge is 2.10. The molecule has 0 aliphatic carbocycles. The highest BCUT2D eigenvalue weighted by atomic mass is 16.4. The van der Waals surface area contributed by atoms with Crippen molar-refractivity contribution in [1.29, 1.82) is 0 Å². The average Bonchev–Trinajstić information content (AvgIpc) is 2.14. The van der Waals surface area contributed by atoms with Crippen LogP contribution in [0.4, 0.5) is 0 Å². The monoisotopic (exact) mass is 202 g/mol. The van der Waals surface area contributed by atoms with Gasteiger partial charge in [-0.1, -0.05) is 6.92 Å². The Hall–Kier alpha value is -1.10. The molecule has 0 aromatic carbocycles. The fraction of sp³-hybridized carbons (Fsp3) is 0.778. The zero-order valence-corrected chi connectivity index (χ0v) is 8.45. The van der Waals surface area contributed by atoms with Crippen molar-refractivity contribution in [3.05, 3.63) is 0 Å². The summed E-state index contributed by atoms with van der Waals surface area (Å²) < 4.78 is 0. The summed E-state index contributed by atoms with van der Waals surface area (Å²) >= 11 is 0. The number of rotatable bonds is 7. The summed E-state index contributed by atoms with van der Waals surface area (Å²) in [6.45, 7) is 2.53. The highest BCUT2D eigenvalue weighted by Crippen LogP contribution is 1.99. The number of hydrogen-bond donors (Lipinski definition) is 3. The molecule has 0 aliphatic heterocycles. The minimum absolute atomic E-state index is 0.0620. The van der Waals surface area contributed by atoms with Crippen molar-refractivity contribution >= 4 is 11.9 Å². The fourth-order valence-electron chi connectivity index (χ4n) is 0.903. The first-order valence-corrected chi connectivity index (χ1v) is 4.77. The van der Waals surface area contributed by atoms with Gasteiger partial charge in [0.15, 0.2) is 0 Å². The summed E-state index contributed by atoms with van der Waals surface area (Å²) in [6, 6.07) is 0. The molecule has 0 radical (unpaired) electrons. The molecule has 0 saturated heterocycles. The maximum Gasteiger partial charge on any atom is 0.306 e. The van der Waals surface area contributed by atoms with Gasteiger partial charge in [0.25, 0.3) is 0 Å². The minimum Gasteiger partial charge on any atom is -0.481 e. The van der Waals surface area contributed by atoms with Crippen LogP contribution < -0.4 is 11.1 Å². The molecular weight excluding hydrogens is 184 g/mol. The number of nitrogens with one attached hydrogen (secondary N) is 1. The van der Waals surface area contributed by atoms with E-state index in [2.05, 4.69) is 5.32 Å². The van der Waals surface area contributed by atoms with Crippen LogP contribution in [-0.2, 0) is 9.59 Å². The molecule has 1 amide bonds. The SMILES string of the molecule is CC(CCNC(=O)CCCN)C(=O)O. The standard InChI is InChI=1S/C9H18N2O3/c1-7(9(13)14)4-6-11-8(12)3-2-5-10/h7H,2-6,10H2,1H3,(H,11,12)(H,13,14). The predicted octanol–water partition coefficient (Wildman–Crippen LogP) is -0.0477. The number of carboxylic acids is 1. The Kier molecular flexibility index (Phi) is 6.74. The van der Waals surface area contributed by atoms with E-state index in [4.69, 9.17) is 10.8 Å². The normalized spacial score (nSPS) is 12.1. The van der Waals surface area contributed by atoms with Crippen LogP contribution in [0.1, 0.15) is 26.2 Å². The van der Waals surface area contributed by atoms with E-state index in [1.807, 2.05) is 0 Å². The Bertz CT molecular complexity index is 194. The molecule has 0 saturated carbocycles. The van der Waals surface area contributed by atoms with Gasteiger partial charge in [0, 0.05) is 13.0 Å². The molecule has 0 bridgehead atoms. The lowest BCUT2D eigenvalue weighted by atomic mass is 10.1. The van der Waals surface area contributed by atoms with Crippen molar-refractivity contribution in [2.75, 3.05) is 13.1 Å². The van der Waals surface area contributed by atoms with Gasteiger partial charge >= 0.3 is 5.97 Å². The summed E-state index contributed by atoms with van der Waals surface area (Å²) in [7, 11) is 0. The maximum absolute atomic E-state index is 11.0. The van der Waals surface area contributed by atoms with Crippen LogP contribution in [0.3, 0.4) is 0 Å². The largest absolute Gasteiger partial charge is 0.481 e. The molecule has 0 spiro atoms. The third kappa shape index (κ3) is 6.42. The summed E-state index contributed by atoms with van der Waals surface area (Å²) in [5.74, 6) is -1.31. The zero-order chi connectivity index (χ0) is 11.0.